The summed E-state index contributed by atoms with van der Waals surface area (Å²) in [5.41, 5.74) is 5.43. The molecule has 0 aliphatic carbocycles. The second-order valence-corrected chi connectivity index (χ2v) is 5.81. The van der Waals surface area contributed by atoms with Crippen molar-refractivity contribution in [3.8, 4) is 0 Å². The van der Waals surface area contributed by atoms with Crippen LogP contribution in [0.3, 0.4) is 0 Å². The van der Waals surface area contributed by atoms with E-state index in [1.165, 1.54) is 8.66 Å². The number of halogens is 1. The summed E-state index contributed by atoms with van der Waals surface area (Å²) in [7, 11) is 0. The molecule has 0 bridgehead atoms. The highest BCUT2D eigenvalue weighted by Gasteiger charge is 2.06. The Balaban J connectivity index is 2.25. The molecular weight excluding hydrogens is 260 g/mol. The lowest BCUT2D eigenvalue weighted by molar-refractivity contribution is 0.555. The molecule has 1 rings (SSSR count). The van der Waals surface area contributed by atoms with E-state index in [-0.39, 0.29) is 0 Å². The maximum absolute atomic E-state index is 5.43. The number of thiophene rings is 1. The lowest BCUT2D eigenvalue weighted by Crippen LogP contribution is -2.19. The molecule has 0 saturated heterocycles. The lowest BCUT2D eigenvalue weighted by atomic mass is 10.2. The van der Waals surface area contributed by atoms with Gasteiger partial charge in [-0.3, -0.25) is 0 Å². The minimum absolute atomic E-state index is 0.448. The van der Waals surface area contributed by atoms with Crippen molar-refractivity contribution in [1.82, 2.24) is 5.32 Å². The quantitative estimate of drug-likeness (QED) is 0.785. The van der Waals surface area contributed by atoms with Crippen LogP contribution in [0.1, 0.15) is 30.7 Å². The van der Waals surface area contributed by atoms with Gasteiger partial charge in [-0.25, -0.2) is 0 Å². The van der Waals surface area contributed by atoms with Crippen LogP contribution >= 0.6 is 27.3 Å². The predicted octanol–water partition coefficient (Wildman–Crippen LogP) is 2.90. The molecule has 0 radical (unpaired) electrons. The van der Waals surface area contributed by atoms with Crippen LogP contribution in [0.15, 0.2) is 15.9 Å². The molecule has 3 N–H and O–H groups in total. The van der Waals surface area contributed by atoms with Crippen molar-refractivity contribution in [3.05, 3.63) is 20.8 Å². The Morgan fingerprint density at radius 1 is 1.50 bits per heavy atom. The minimum Gasteiger partial charge on any atom is -0.330 e. The third kappa shape index (κ3) is 4.09. The second kappa shape index (κ2) is 6.56. The van der Waals surface area contributed by atoms with Gasteiger partial charge in [0.05, 0.1) is 3.79 Å². The van der Waals surface area contributed by atoms with Gasteiger partial charge in [-0.2, -0.15) is 0 Å². The van der Waals surface area contributed by atoms with Crippen LogP contribution < -0.4 is 11.1 Å². The summed E-state index contributed by atoms with van der Waals surface area (Å²) in [5.74, 6) is 0. The lowest BCUT2D eigenvalue weighted by Gasteiger charge is -2.11. The van der Waals surface area contributed by atoms with Crippen molar-refractivity contribution in [2.24, 2.45) is 5.73 Å². The van der Waals surface area contributed by atoms with Gasteiger partial charge in [0.15, 0.2) is 0 Å². The molecule has 0 aliphatic rings. The van der Waals surface area contributed by atoms with Gasteiger partial charge >= 0.3 is 0 Å². The summed E-state index contributed by atoms with van der Waals surface area (Å²) in [4.78, 5) is 1.38. The van der Waals surface area contributed by atoms with Crippen molar-refractivity contribution in [2.45, 2.75) is 25.8 Å². The monoisotopic (exact) mass is 276 g/mol. The van der Waals surface area contributed by atoms with Gasteiger partial charge in [-0.05, 0) is 60.9 Å². The van der Waals surface area contributed by atoms with Crippen molar-refractivity contribution in [2.75, 3.05) is 13.1 Å². The highest BCUT2D eigenvalue weighted by atomic mass is 79.9. The van der Waals surface area contributed by atoms with Crippen LogP contribution in [0, 0.1) is 0 Å². The molecule has 0 amide bonds. The molecule has 0 saturated carbocycles. The van der Waals surface area contributed by atoms with Crippen LogP contribution in [-0.4, -0.2) is 13.1 Å². The Labute approximate surface area is 98.0 Å². The number of nitrogens with one attached hydrogen (secondary N) is 1. The number of nitrogens with two attached hydrogens (primary N) is 1. The van der Waals surface area contributed by atoms with Crippen molar-refractivity contribution >= 4 is 27.3 Å². The first-order valence-electron chi connectivity index (χ1n) is 4.92. The molecule has 4 heteroatoms. The molecule has 14 heavy (non-hydrogen) atoms. The summed E-state index contributed by atoms with van der Waals surface area (Å²) >= 11 is 5.26. The Bertz CT molecular complexity index is 262. The van der Waals surface area contributed by atoms with E-state index in [0.29, 0.717) is 6.04 Å². The molecule has 0 aromatic carbocycles. The highest BCUT2D eigenvalue weighted by molar-refractivity contribution is 9.11. The van der Waals surface area contributed by atoms with Gasteiger partial charge in [0.25, 0.3) is 0 Å². The molecular formula is C10H17BrN2S. The fraction of sp³-hybridized carbons (Fsp3) is 0.600. The summed E-state index contributed by atoms with van der Waals surface area (Å²) in [6, 6.07) is 4.71. The van der Waals surface area contributed by atoms with E-state index in [9.17, 15) is 0 Å². The molecule has 80 valence electrons. The smallest absolute Gasteiger partial charge is 0.0701 e. The zero-order valence-electron chi connectivity index (χ0n) is 8.42. The number of hydrogen-bond acceptors (Lipinski definition) is 3. The van der Waals surface area contributed by atoms with Crippen molar-refractivity contribution < 1.29 is 0 Å². The Hall–Kier alpha value is 0.1000. The zero-order valence-corrected chi connectivity index (χ0v) is 10.8. The third-order valence-corrected chi connectivity index (χ3v) is 3.91. The topological polar surface area (TPSA) is 38.0 Å². The fourth-order valence-electron chi connectivity index (χ4n) is 1.25. The first-order valence-corrected chi connectivity index (χ1v) is 6.53. The molecule has 1 unspecified atom stereocenters. The van der Waals surface area contributed by atoms with Crippen molar-refractivity contribution in [1.29, 1.82) is 0 Å². The van der Waals surface area contributed by atoms with E-state index in [2.05, 4.69) is 40.3 Å². The molecule has 1 aromatic heterocycles. The molecule has 0 spiro atoms. The largest absolute Gasteiger partial charge is 0.330 e. The molecule has 2 nitrogen and oxygen atoms in total. The maximum Gasteiger partial charge on any atom is 0.0701 e. The van der Waals surface area contributed by atoms with Crippen LogP contribution in [0.5, 0.6) is 0 Å². The van der Waals surface area contributed by atoms with E-state index in [1.54, 1.807) is 11.3 Å². The van der Waals surface area contributed by atoms with Crippen LogP contribution in [0.25, 0.3) is 0 Å². The van der Waals surface area contributed by atoms with Crippen LogP contribution in [0.4, 0.5) is 0 Å². The molecule has 0 fully saturated rings. The second-order valence-electron chi connectivity index (χ2n) is 3.31. The average molecular weight is 277 g/mol. The maximum atomic E-state index is 5.43. The van der Waals surface area contributed by atoms with Gasteiger partial charge in [0.1, 0.15) is 0 Å². The normalized spacial score (nSPS) is 13.1. The summed E-state index contributed by atoms with van der Waals surface area (Å²) < 4.78 is 1.20. The summed E-state index contributed by atoms with van der Waals surface area (Å²) in [6.45, 7) is 4.04. The number of rotatable bonds is 6. The van der Waals surface area contributed by atoms with Gasteiger partial charge < -0.3 is 11.1 Å². The van der Waals surface area contributed by atoms with E-state index >= 15 is 0 Å². The molecule has 1 aromatic rings. The Morgan fingerprint density at radius 2 is 2.29 bits per heavy atom. The van der Waals surface area contributed by atoms with Crippen LogP contribution in [0.2, 0.25) is 0 Å². The fourth-order valence-corrected chi connectivity index (χ4v) is 2.70. The zero-order chi connectivity index (χ0) is 10.4. The standard InChI is InChI=1S/C10H17BrN2S/c1-8(13-7-3-2-6-12)9-4-5-10(11)14-9/h4-5,8,13H,2-3,6-7,12H2,1H3. The van der Waals surface area contributed by atoms with Gasteiger partial charge in [0, 0.05) is 10.9 Å². The summed E-state index contributed by atoms with van der Waals surface area (Å²) in [5, 5.41) is 3.48. The Kier molecular flexibility index (Phi) is 5.70. The molecule has 1 heterocycles. The third-order valence-electron chi connectivity index (χ3n) is 2.10. The van der Waals surface area contributed by atoms with E-state index < -0.39 is 0 Å². The van der Waals surface area contributed by atoms with E-state index in [4.69, 9.17) is 5.73 Å². The van der Waals surface area contributed by atoms with Gasteiger partial charge in [0.2, 0.25) is 0 Å². The number of hydrogen-bond donors (Lipinski definition) is 2. The molecule has 0 aliphatic heterocycles. The van der Waals surface area contributed by atoms with Gasteiger partial charge in [-0.1, -0.05) is 0 Å². The van der Waals surface area contributed by atoms with Crippen molar-refractivity contribution in [3.63, 3.8) is 0 Å². The van der Waals surface area contributed by atoms with E-state index in [0.717, 1.165) is 25.9 Å². The first kappa shape index (κ1) is 12.2. The first-order chi connectivity index (χ1) is 6.74. The highest BCUT2D eigenvalue weighted by Crippen LogP contribution is 2.26. The average Bonchev–Trinajstić information content (AvgIpc) is 2.59. The number of unbranched alkanes of at least 4 members (excludes halogenated alkanes) is 1. The minimum atomic E-state index is 0.448. The van der Waals surface area contributed by atoms with Gasteiger partial charge in [-0.15, -0.1) is 11.3 Å². The summed E-state index contributed by atoms with van der Waals surface area (Å²) in [6.07, 6.45) is 2.27. The SMILES string of the molecule is CC(NCCCCN)c1ccc(Br)s1. The van der Waals surface area contributed by atoms with E-state index in [1.807, 2.05) is 0 Å². The Morgan fingerprint density at radius 3 is 2.86 bits per heavy atom. The van der Waals surface area contributed by atoms with Crippen LogP contribution in [-0.2, 0) is 0 Å². The molecule has 1 atom stereocenters. The predicted molar refractivity (Wildman–Crippen MR) is 66.7 cm³/mol.